The summed E-state index contributed by atoms with van der Waals surface area (Å²) in [6.45, 7) is 2.10. The lowest BCUT2D eigenvalue weighted by molar-refractivity contribution is -0.142. The Morgan fingerprint density at radius 3 is 2.33 bits per heavy atom. The van der Waals surface area contributed by atoms with Gasteiger partial charge in [-0.25, -0.2) is 0 Å². The number of nitrogen functional groups attached to an aromatic ring is 1. The maximum Gasteiger partial charge on any atom is 0.312 e. The first kappa shape index (κ1) is 19.6. The SMILES string of the molecule is COC(=O)[C@@H](C)c1ccc(N)c(OC)c1OCc1ccccc1.Cl. The van der Waals surface area contributed by atoms with Crippen LogP contribution >= 0.6 is 12.4 Å². The smallest absolute Gasteiger partial charge is 0.312 e. The van der Waals surface area contributed by atoms with Crippen molar-refractivity contribution in [2.45, 2.75) is 19.4 Å². The largest absolute Gasteiger partial charge is 0.491 e. The molecule has 0 heterocycles. The molecule has 0 unspecified atom stereocenters. The first-order valence-electron chi connectivity index (χ1n) is 7.29. The zero-order chi connectivity index (χ0) is 16.8. The molecule has 0 aromatic heterocycles. The van der Waals surface area contributed by atoms with Crippen molar-refractivity contribution < 1.29 is 19.0 Å². The molecule has 2 aromatic rings. The molecule has 0 saturated carbocycles. The zero-order valence-electron chi connectivity index (χ0n) is 13.9. The van der Waals surface area contributed by atoms with E-state index in [2.05, 4.69) is 0 Å². The number of carbonyl (C=O) groups is 1. The lowest BCUT2D eigenvalue weighted by atomic mass is 9.99. The normalized spacial score (nSPS) is 11.1. The third-order valence-electron chi connectivity index (χ3n) is 3.62. The molecule has 5 nitrogen and oxygen atoms in total. The second-order valence-corrected chi connectivity index (χ2v) is 5.13. The van der Waals surface area contributed by atoms with Crippen molar-refractivity contribution in [2.24, 2.45) is 0 Å². The Bertz CT molecular complexity index is 676. The van der Waals surface area contributed by atoms with E-state index in [9.17, 15) is 4.79 Å². The first-order chi connectivity index (χ1) is 11.1. The minimum Gasteiger partial charge on any atom is -0.491 e. The predicted octanol–water partition coefficient (Wildman–Crippen LogP) is 3.55. The number of nitrogens with two attached hydrogens (primary N) is 1. The van der Waals surface area contributed by atoms with E-state index in [0.29, 0.717) is 29.4 Å². The fraction of sp³-hybridized carbons (Fsp3) is 0.278. The molecule has 130 valence electrons. The number of esters is 1. The third-order valence-corrected chi connectivity index (χ3v) is 3.62. The van der Waals surface area contributed by atoms with Gasteiger partial charge in [-0.15, -0.1) is 12.4 Å². The van der Waals surface area contributed by atoms with E-state index in [0.717, 1.165) is 5.56 Å². The van der Waals surface area contributed by atoms with Crippen LogP contribution in [-0.4, -0.2) is 20.2 Å². The van der Waals surface area contributed by atoms with Crippen LogP contribution in [0.15, 0.2) is 42.5 Å². The summed E-state index contributed by atoms with van der Waals surface area (Å²) in [5.74, 6) is 0.0603. The predicted molar refractivity (Wildman–Crippen MR) is 95.9 cm³/mol. The molecular weight excluding hydrogens is 330 g/mol. The maximum atomic E-state index is 11.9. The van der Waals surface area contributed by atoms with E-state index in [4.69, 9.17) is 19.9 Å². The molecule has 6 heteroatoms. The molecule has 0 aliphatic rings. The molecule has 0 saturated heterocycles. The molecule has 0 amide bonds. The lowest BCUT2D eigenvalue weighted by Crippen LogP contribution is -2.13. The average molecular weight is 352 g/mol. The van der Waals surface area contributed by atoms with Crippen molar-refractivity contribution in [3.8, 4) is 11.5 Å². The highest BCUT2D eigenvalue weighted by molar-refractivity contribution is 5.85. The van der Waals surface area contributed by atoms with Gasteiger partial charge in [-0.1, -0.05) is 36.4 Å². The van der Waals surface area contributed by atoms with Crippen LogP contribution < -0.4 is 15.2 Å². The lowest BCUT2D eigenvalue weighted by Gasteiger charge is -2.19. The monoisotopic (exact) mass is 351 g/mol. The van der Waals surface area contributed by atoms with Crippen LogP contribution in [0.3, 0.4) is 0 Å². The van der Waals surface area contributed by atoms with Crippen LogP contribution in [0.4, 0.5) is 5.69 Å². The van der Waals surface area contributed by atoms with Crippen LogP contribution in [0, 0.1) is 0 Å². The highest BCUT2D eigenvalue weighted by Crippen LogP contribution is 2.40. The second kappa shape index (κ2) is 9.03. The molecular formula is C18H22ClNO4. The van der Waals surface area contributed by atoms with Gasteiger partial charge in [-0.2, -0.15) is 0 Å². The van der Waals surface area contributed by atoms with Crippen molar-refractivity contribution in [3.63, 3.8) is 0 Å². The Labute approximate surface area is 148 Å². The summed E-state index contributed by atoms with van der Waals surface area (Å²) < 4.78 is 16.1. The van der Waals surface area contributed by atoms with E-state index >= 15 is 0 Å². The minimum absolute atomic E-state index is 0. The van der Waals surface area contributed by atoms with E-state index < -0.39 is 5.92 Å². The second-order valence-electron chi connectivity index (χ2n) is 5.13. The Morgan fingerprint density at radius 1 is 1.08 bits per heavy atom. The van der Waals surface area contributed by atoms with Gasteiger partial charge in [-0.3, -0.25) is 4.79 Å². The number of ether oxygens (including phenoxy) is 3. The first-order valence-corrected chi connectivity index (χ1v) is 7.29. The van der Waals surface area contributed by atoms with Gasteiger partial charge in [0.1, 0.15) is 6.61 Å². The number of rotatable bonds is 6. The van der Waals surface area contributed by atoms with Crippen LogP contribution in [0.2, 0.25) is 0 Å². The van der Waals surface area contributed by atoms with E-state index in [1.54, 1.807) is 19.1 Å². The molecule has 0 spiro atoms. The highest BCUT2D eigenvalue weighted by atomic mass is 35.5. The van der Waals surface area contributed by atoms with Gasteiger partial charge in [0.15, 0.2) is 11.5 Å². The van der Waals surface area contributed by atoms with Gasteiger partial charge in [0, 0.05) is 5.56 Å². The fourth-order valence-corrected chi connectivity index (χ4v) is 2.33. The molecule has 0 fully saturated rings. The van der Waals surface area contributed by atoms with Crippen molar-refractivity contribution in [3.05, 3.63) is 53.6 Å². The van der Waals surface area contributed by atoms with Crippen molar-refractivity contribution in [2.75, 3.05) is 20.0 Å². The Balaban J connectivity index is 0.00000288. The van der Waals surface area contributed by atoms with Crippen LogP contribution in [-0.2, 0) is 16.1 Å². The number of hydrogen-bond acceptors (Lipinski definition) is 5. The molecule has 2 aromatic carbocycles. The van der Waals surface area contributed by atoms with Gasteiger partial charge >= 0.3 is 5.97 Å². The molecule has 2 N–H and O–H groups in total. The molecule has 1 atom stereocenters. The number of anilines is 1. The quantitative estimate of drug-likeness (QED) is 0.636. The maximum absolute atomic E-state index is 11.9. The Morgan fingerprint density at radius 2 is 1.75 bits per heavy atom. The third kappa shape index (κ3) is 4.32. The summed E-state index contributed by atoms with van der Waals surface area (Å²) in [6, 6.07) is 13.2. The highest BCUT2D eigenvalue weighted by Gasteiger charge is 2.24. The molecule has 0 aliphatic carbocycles. The Hall–Kier alpha value is -2.40. The summed E-state index contributed by atoms with van der Waals surface area (Å²) in [6.07, 6.45) is 0. The summed E-state index contributed by atoms with van der Waals surface area (Å²) in [4.78, 5) is 11.9. The van der Waals surface area contributed by atoms with Gasteiger partial charge in [0.2, 0.25) is 0 Å². The van der Waals surface area contributed by atoms with Crippen molar-refractivity contribution >= 4 is 24.1 Å². The summed E-state index contributed by atoms with van der Waals surface area (Å²) in [5.41, 5.74) is 8.10. The van der Waals surface area contributed by atoms with Crippen LogP contribution in [0.5, 0.6) is 11.5 Å². The fourth-order valence-electron chi connectivity index (χ4n) is 2.33. The van der Waals surface area contributed by atoms with E-state index in [1.807, 2.05) is 30.3 Å². The molecule has 0 bridgehead atoms. The molecule has 2 rings (SSSR count). The van der Waals surface area contributed by atoms with E-state index in [-0.39, 0.29) is 18.4 Å². The summed E-state index contributed by atoms with van der Waals surface area (Å²) >= 11 is 0. The molecule has 24 heavy (non-hydrogen) atoms. The number of carbonyl (C=O) groups excluding carboxylic acids is 1. The van der Waals surface area contributed by atoms with Gasteiger partial charge in [0.25, 0.3) is 0 Å². The van der Waals surface area contributed by atoms with Crippen LogP contribution in [0.25, 0.3) is 0 Å². The molecule has 0 radical (unpaired) electrons. The van der Waals surface area contributed by atoms with Crippen LogP contribution in [0.1, 0.15) is 24.0 Å². The summed E-state index contributed by atoms with van der Waals surface area (Å²) in [7, 11) is 2.88. The molecule has 0 aliphatic heterocycles. The summed E-state index contributed by atoms with van der Waals surface area (Å²) in [5, 5.41) is 0. The van der Waals surface area contributed by atoms with E-state index in [1.165, 1.54) is 14.2 Å². The zero-order valence-corrected chi connectivity index (χ0v) is 14.8. The number of methoxy groups -OCH3 is 2. The standard InChI is InChI=1S/C18H21NO4.ClH/c1-12(18(20)22-3)14-9-10-15(19)17(21-2)16(14)23-11-13-7-5-4-6-8-13;/h4-10,12H,11,19H2,1-3H3;1H/t12-;/m0./s1. The van der Waals surface area contributed by atoms with Gasteiger partial charge in [0.05, 0.1) is 25.8 Å². The van der Waals surface area contributed by atoms with Crippen molar-refractivity contribution in [1.82, 2.24) is 0 Å². The van der Waals surface area contributed by atoms with Crippen molar-refractivity contribution in [1.29, 1.82) is 0 Å². The minimum atomic E-state index is -0.486. The number of hydrogen-bond donors (Lipinski definition) is 1. The average Bonchev–Trinajstić information content (AvgIpc) is 2.59. The number of benzene rings is 2. The Kier molecular flexibility index (Phi) is 7.39. The van der Waals surface area contributed by atoms with Gasteiger partial charge in [-0.05, 0) is 18.6 Å². The topological polar surface area (TPSA) is 70.8 Å². The van der Waals surface area contributed by atoms with Gasteiger partial charge < -0.3 is 19.9 Å². The number of halogens is 1.